The lowest BCUT2D eigenvalue weighted by molar-refractivity contribution is 0.0726. The highest BCUT2D eigenvalue weighted by Gasteiger charge is 2.25. The molecule has 14 heavy (non-hydrogen) atoms. The minimum atomic E-state index is -0.974. The molecule has 0 bridgehead atoms. The van der Waals surface area contributed by atoms with Gasteiger partial charge in [0.2, 0.25) is 0 Å². The number of ether oxygens (including phenoxy) is 2. The first-order valence-corrected chi connectivity index (χ1v) is 4.44. The SMILES string of the molecule is COc1cccc(OC)c1C(C)(C)O. The van der Waals surface area contributed by atoms with Crippen molar-refractivity contribution >= 4 is 0 Å². The fourth-order valence-corrected chi connectivity index (χ4v) is 1.45. The first-order valence-electron chi connectivity index (χ1n) is 4.44. The van der Waals surface area contributed by atoms with Crippen LogP contribution in [0.2, 0.25) is 0 Å². The predicted octanol–water partition coefficient (Wildman–Crippen LogP) is 1.93. The van der Waals surface area contributed by atoms with Crippen LogP contribution in [0.5, 0.6) is 11.5 Å². The van der Waals surface area contributed by atoms with Crippen molar-refractivity contribution in [2.24, 2.45) is 0 Å². The molecule has 1 aromatic rings. The Morgan fingerprint density at radius 2 is 1.50 bits per heavy atom. The number of benzene rings is 1. The molecule has 3 heteroatoms. The van der Waals surface area contributed by atoms with Gasteiger partial charge in [-0.1, -0.05) is 6.07 Å². The third-order valence-corrected chi connectivity index (χ3v) is 2.04. The van der Waals surface area contributed by atoms with Gasteiger partial charge in [-0.15, -0.1) is 0 Å². The summed E-state index contributed by atoms with van der Waals surface area (Å²) in [5.74, 6) is 1.27. The van der Waals surface area contributed by atoms with Crippen LogP contribution in [0, 0.1) is 0 Å². The number of hydrogen-bond acceptors (Lipinski definition) is 3. The van der Waals surface area contributed by atoms with E-state index < -0.39 is 5.60 Å². The molecule has 0 saturated carbocycles. The summed E-state index contributed by atoms with van der Waals surface area (Å²) in [6.45, 7) is 3.40. The van der Waals surface area contributed by atoms with Crippen molar-refractivity contribution in [3.8, 4) is 11.5 Å². The molecule has 0 aliphatic heterocycles. The van der Waals surface area contributed by atoms with E-state index in [4.69, 9.17) is 9.47 Å². The molecule has 0 aliphatic rings. The third-order valence-electron chi connectivity index (χ3n) is 2.04. The predicted molar refractivity (Wildman–Crippen MR) is 54.8 cm³/mol. The summed E-state index contributed by atoms with van der Waals surface area (Å²) in [5, 5.41) is 9.95. The van der Waals surface area contributed by atoms with Crippen LogP contribution < -0.4 is 9.47 Å². The molecule has 0 heterocycles. The van der Waals surface area contributed by atoms with Crippen molar-refractivity contribution in [2.45, 2.75) is 19.4 Å². The zero-order valence-electron chi connectivity index (χ0n) is 9.00. The standard InChI is InChI=1S/C11H16O3/c1-11(2,12)10-8(13-3)6-5-7-9(10)14-4/h5-7,12H,1-4H3. The Morgan fingerprint density at radius 3 is 1.79 bits per heavy atom. The lowest BCUT2D eigenvalue weighted by Gasteiger charge is -2.23. The van der Waals surface area contributed by atoms with Gasteiger partial charge in [-0.2, -0.15) is 0 Å². The van der Waals surface area contributed by atoms with Gasteiger partial charge in [0.25, 0.3) is 0 Å². The average molecular weight is 196 g/mol. The number of aliphatic hydroxyl groups is 1. The quantitative estimate of drug-likeness (QED) is 0.802. The van der Waals surface area contributed by atoms with Gasteiger partial charge in [-0.25, -0.2) is 0 Å². The Labute approximate surface area is 84.3 Å². The monoisotopic (exact) mass is 196 g/mol. The summed E-state index contributed by atoms with van der Waals surface area (Å²) in [7, 11) is 3.15. The fraction of sp³-hybridized carbons (Fsp3) is 0.455. The molecular formula is C11H16O3. The molecule has 0 radical (unpaired) electrons. The zero-order chi connectivity index (χ0) is 10.8. The van der Waals surface area contributed by atoms with E-state index in [0.29, 0.717) is 17.1 Å². The van der Waals surface area contributed by atoms with Crippen molar-refractivity contribution in [1.82, 2.24) is 0 Å². The van der Waals surface area contributed by atoms with Crippen LogP contribution in [0.3, 0.4) is 0 Å². The van der Waals surface area contributed by atoms with Gasteiger partial charge >= 0.3 is 0 Å². The normalized spacial score (nSPS) is 11.2. The molecule has 1 N–H and O–H groups in total. The van der Waals surface area contributed by atoms with Gasteiger partial charge in [0.1, 0.15) is 11.5 Å². The second-order valence-electron chi connectivity index (χ2n) is 3.60. The smallest absolute Gasteiger partial charge is 0.128 e. The Hall–Kier alpha value is -1.22. The molecule has 0 aliphatic carbocycles. The van der Waals surface area contributed by atoms with Crippen LogP contribution in [0.25, 0.3) is 0 Å². The largest absolute Gasteiger partial charge is 0.496 e. The molecule has 0 fully saturated rings. The Morgan fingerprint density at radius 1 is 1.07 bits per heavy atom. The maximum Gasteiger partial charge on any atom is 0.128 e. The van der Waals surface area contributed by atoms with E-state index in [1.54, 1.807) is 40.2 Å². The highest BCUT2D eigenvalue weighted by atomic mass is 16.5. The lowest BCUT2D eigenvalue weighted by atomic mass is 9.96. The number of rotatable bonds is 3. The van der Waals surface area contributed by atoms with Crippen LogP contribution >= 0.6 is 0 Å². The molecule has 0 atom stereocenters. The molecule has 0 aromatic heterocycles. The zero-order valence-corrected chi connectivity index (χ0v) is 9.00. The van der Waals surface area contributed by atoms with E-state index in [0.717, 1.165) is 0 Å². The Kier molecular flexibility index (Phi) is 3.01. The first-order chi connectivity index (χ1) is 6.50. The number of hydrogen-bond donors (Lipinski definition) is 1. The van der Waals surface area contributed by atoms with Gasteiger partial charge in [-0.3, -0.25) is 0 Å². The van der Waals surface area contributed by atoms with E-state index in [9.17, 15) is 5.11 Å². The van der Waals surface area contributed by atoms with Crippen molar-refractivity contribution < 1.29 is 14.6 Å². The van der Waals surface area contributed by atoms with Crippen LogP contribution in [0.15, 0.2) is 18.2 Å². The highest BCUT2D eigenvalue weighted by molar-refractivity contribution is 5.47. The van der Waals surface area contributed by atoms with Crippen LogP contribution in [0.4, 0.5) is 0 Å². The molecule has 3 nitrogen and oxygen atoms in total. The van der Waals surface area contributed by atoms with Crippen molar-refractivity contribution in [2.75, 3.05) is 14.2 Å². The highest BCUT2D eigenvalue weighted by Crippen LogP contribution is 2.36. The van der Waals surface area contributed by atoms with E-state index in [-0.39, 0.29) is 0 Å². The van der Waals surface area contributed by atoms with Crippen LogP contribution in [0.1, 0.15) is 19.4 Å². The van der Waals surface area contributed by atoms with Crippen molar-refractivity contribution in [1.29, 1.82) is 0 Å². The van der Waals surface area contributed by atoms with Crippen molar-refractivity contribution in [3.63, 3.8) is 0 Å². The third kappa shape index (κ3) is 1.99. The van der Waals surface area contributed by atoms with Gasteiger partial charge in [0.05, 0.1) is 25.4 Å². The molecule has 78 valence electrons. The van der Waals surface area contributed by atoms with Crippen LogP contribution in [-0.4, -0.2) is 19.3 Å². The minimum Gasteiger partial charge on any atom is -0.496 e. The second-order valence-corrected chi connectivity index (χ2v) is 3.60. The summed E-state index contributed by atoms with van der Waals surface area (Å²) < 4.78 is 10.3. The molecule has 1 rings (SSSR count). The summed E-state index contributed by atoms with van der Waals surface area (Å²) in [5.41, 5.74) is -0.303. The van der Waals surface area contributed by atoms with Gasteiger partial charge < -0.3 is 14.6 Å². The van der Waals surface area contributed by atoms with Gasteiger partial charge in [0, 0.05) is 0 Å². The lowest BCUT2D eigenvalue weighted by Crippen LogP contribution is -2.18. The summed E-state index contributed by atoms with van der Waals surface area (Å²) in [4.78, 5) is 0. The van der Waals surface area contributed by atoms with Gasteiger partial charge in [0.15, 0.2) is 0 Å². The van der Waals surface area contributed by atoms with Crippen LogP contribution in [-0.2, 0) is 5.60 Å². The van der Waals surface area contributed by atoms with Crippen molar-refractivity contribution in [3.05, 3.63) is 23.8 Å². The molecule has 0 spiro atoms. The van der Waals surface area contributed by atoms with E-state index in [1.807, 2.05) is 6.07 Å². The van der Waals surface area contributed by atoms with E-state index >= 15 is 0 Å². The Bertz CT molecular complexity index is 291. The summed E-state index contributed by atoms with van der Waals surface area (Å²) >= 11 is 0. The fourth-order valence-electron chi connectivity index (χ4n) is 1.45. The summed E-state index contributed by atoms with van der Waals surface area (Å²) in [6.07, 6.45) is 0. The average Bonchev–Trinajstić information content (AvgIpc) is 2.15. The molecule has 0 saturated heterocycles. The Balaban J connectivity index is 3.34. The summed E-state index contributed by atoms with van der Waals surface area (Å²) in [6, 6.07) is 5.43. The number of methoxy groups -OCH3 is 2. The molecule has 1 aromatic carbocycles. The topological polar surface area (TPSA) is 38.7 Å². The van der Waals surface area contributed by atoms with E-state index in [1.165, 1.54) is 0 Å². The molecular weight excluding hydrogens is 180 g/mol. The second kappa shape index (κ2) is 3.88. The minimum absolute atomic E-state index is 0.636. The van der Waals surface area contributed by atoms with Gasteiger partial charge in [-0.05, 0) is 26.0 Å². The van der Waals surface area contributed by atoms with E-state index in [2.05, 4.69) is 0 Å². The maximum absolute atomic E-state index is 9.95. The molecule has 0 unspecified atom stereocenters. The maximum atomic E-state index is 9.95. The first kappa shape index (κ1) is 10.9. The molecule has 0 amide bonds.